The number of primary amides is 1. The third kappa shape index (κ3) is 4.74. The first-order valence-electron chi connectivity index (χ1n) is 7.15. The van der Waals surface area contributed by atoms with Crippen molar-refractivity contribution < 1.29 is 23.8 Å². The number of hydrogen-bond donors (Lipinski definition) is 2. The van der Waals surface area contributed by atoms with E-state index in [0.29, 0.717) is 24.6 Å². The Hall–Kier alpha value is -1.99. The Labute approximate surface area is 139 Å². The van der Waals surface area contributed by atoms with Crippen LogP contribution in [0.5, 0.6) is 11.5 Å². The van der Waals surface area contributed by atoms with Crippen molar-refractivity contribution in [3.8, 4) is 11.5 Å². The van der Waals surface area contributed by atoms with Crippen molar-refractivity contribution in [1.29, 1.82) is 0 Å². The van der Waals surface area contributed by atoms with Gasteiger partial charge >= 0.3 is 0 Å². The van der Waals surface area contributed by atoms with Gasteiger partial charge in [0.2, 0.25) is 0 Å². The lowest BCUT2D eigenvalue weighted by molar-refractivity contribution is -0.119. The first-order valence-corrected chi connectivity index (χ1v) is 7.53. The maximum absolute atomic E-state index is 12.2. The second-order valence-electron chi connectivity index (χ2n) is 5.18. The van der Waals surface area contributed by atoms with Crippen molar-refractivity contribution in [3.05, 3.63) is 22.7 Å². The molecule has 0 saturated carbocycles. The van der Waals surface area contributed by atoms with Crippen LogP contribution >= 0.6 is 11.6 Å². The summed E-state index contributed by atoms with van der Waals surface area (Å²) in [5.41, 5.74) is 5.38. The Kier molecular flexibility index (Phi) is 6.06. The Morgan fingerprint density at radius 1 is 1.48 bits per heavy atom. The zero-order chi connectivity index (χ0) is 16.8. The van der Waals surface area contributed by atoms with Crippen LogP contribution in [-0.2, 0) is 9.53 Å². The molecule has 3 N–H and O–H groups in total. The summed E-state index contributed by atoms with van der Waals surface area (Å²) < 4.78 is 15.6. The summed E-state index contributed by atoms with van der Waals surface area (Å²) in [5, 5.41) is 3.01. The van der Waals surface area contributed by atoms with Crippen molar-refractivity contribution in [1.82, 2.24) is 5.32 Å². The lowest BCUT2D eigenvalue weighted by Gasteiger charge is -2.14. The van der Waals surface area contributed by atoms with Gasteiger partial charge in [0.15, 0.2) is 18.1 Å². The first kappa shape index (κ1) is 17.4. The molecule has 1 aromatic carbocycles. The maximum atomic E-state index is 12.2. The number of halogens is 1. The number of nitrogens with one attached hydrogen (secondary N) is 1. The van der Waals surface area contributed by atoms with E-state index in [2.05, 4.69) is 5.32 Å². The smallest absolute Gasteiger partial charge is 0.255 e. The van der Waals surface area contributed by atoms with E-state index in [0.717, 1.165) is 13.0 Å². The number of rotatable bonds is 7. The maximum Gasteiger partial charge on any atom is 0.255 e. The molecule has 0 aromatic heterocycles. The zero-order valence-corrected chi connectivity index (χ0v) is 13.5. The largest absolute Gasteiger partial charge is 0.493 e. The van der Waals surface area contributed by atoms with E-state index in [1.54, 1.807) is 0 Å². The molecule has 2 rings (SSSR count). The second-order valence-corrected chi connectivity index (χ2v) is 5.59. The van der Waals surface area contributed by atoms with Crippen molar-refractivity contribution in [2.75, 3.05) is 33.5 Å². The Morgan fingerprint density at radius 2 is 2.26 bits per heavy atom. The summed E-state index contributed by atoms with van der Waals surface area (Å²) in [7, 11) is 1.42. The highest BCUT2D eigenvalue weighted by atomic mass is 35.5. The molecule has 8 heteroatoms. The Balaban J connectivity index is 2.07. The Bertz CT molecular complexity index is 587. The highest BCUT2D eigenvalue weighted by molar-refractivity contribution is 6.32. The monoisotopic (exact) mass is 342 g/mol. The lowest BCUT2D eigenvalue weighted by atomic mass is 10.1. The second kappa shape index (κ2) is 8.03. The van der Waals surface area contributed by atoms with Crippen molar-refractivity contribution in [2.24, 2.45) is 11.7 Å². The van der Waals surface area contributed by atoms with E-state index in [4.69, 9.17) is 31.5 Å². The van der Waals surface area contributed by atoms with Crippen LogP contribution in [0.3, 0.4) is 0 Å². The van der Waals surface area contributed by atoms with E-state index >= 15 is 0 Å². The van der Waals surface area contributed by atoms with Crippen molar-refractivity contribution in [2.45, 2.75) is 6.42 Å². The summed E-state index contributed by atoms with van der Waals surface area (Å²) >= 11 is 6.11. The summed E-state index contributed by atoms with van der Waals surface area (Å²) in [6.45, 7) is 1.60. The fourth-order valence-electron chi connectivity index (χ4n) is 2.22. The van der Waals surface area contributed by atoms with Crippen LogP contribution < -0.4 is 20.5 Å². The van der Waals surface area contributed by atoms with Gasteiger partial charge in [0.25, 0.3) is 11.8 Å². The lowest BCUT2D eigenvalue weighted by Crippen LogP contribution is -2.29. The fourth-order valence-corrected chi connectivity index (χ4v) is 2.48. The average molecular weight is 343 g/mol. The van der Waals surface area contributed by atoms with Gasteiger partial charge in [0.05, 0.1) is 18.7 Å². The SMILES string of the molecule is COc1cc(C(=O)NC[C@@H]2CCOC2)cc(Cl)c1OCC(N)=O. The molecule has 0 radical (unpaired) electrons. The molecule has 1 aromatic rings. The Morgan fingerprint density at radius 3 is 2.87 bits per heavy atom. The number of amides is 2. The predicted octanol–water partition coefficient (Wildman–Crippen LogP) is 0.979. The van der Waals surface area contributed by atoms with Gasteiger partial charge in [0.1, 0.15) is 0 Å². The zero-order valence-electron chi connectivity index (χ0n) is 12.8. The molecule has 0 spiro atoms. The number of nitrogens with two attached hydrogens (primary N) is 1. The molecule has 1 aliphatic rings. The van der Waals surface area contributed by atoms with Gasteiger partial charge in [0, 0.05) is 24.6 Å². The molecule has 126 valence electrons. The summed E-state index contributed by atoms with van der Waals surface area (Å²) in [6, 6.07) is 2.96. The van der Waals surface area contributed by atoms with Gasteiger partial charge in [-0.2, -0.15) is 0 Å². The van der Waals surface area contributed by atoms with Gasteiger partial charge < -0.3 is 25.3 Å². The van der Waals surface area contributed by atoms with Crippen LogP contribution in [0.1, 0.15) is 16.8 Å². The standard InChI is InChI=1S/C15H19ClN2O5/c1-21-12-5-10(4-11(16)14(12)23-8-13(17)19)15(20)18-6-9-2-3-22-7-9/h4-5,9H,2-3,6-8H2,1H3,(H2,17,19)(H,18,20)/t9-/m0/s1. The van der Waals surface area contributed by atoms with E-state index in [1.165, 1.54) is 19.2 Å². The molecule has 7 nitrogen and oxygen atoms in total. The molecule has 1 atom stereocenters. The summed E-state index contributed by atoms with van der Waals surface area (Å²) in [4.78, 5) is 23.0. The molecule has 1 heterocycles. The van der Waals surface area contributed by atoms with Crippen LogP contribution in [0.2, 0.25) is 5.02 Å². The topological polar surface area (TPSA) is 99.9 Å². The number of benzene rings is 1. The van der Waals surface area contributed by atoms with Gasteiger partial charge in [-0.25, -0.2) is 0 Å². The number of hydrogen-bond acceptors (Lipinski definition) is 5. The third-order valence-electron chi connectivity index (χ3n) is 3.43. The number of methoxy groups -OCH3 is 1. The fraction of sp³-hybridized carbons (Fsp3) is 0.467. The first-order chi connectivity index (χ1) is 11.0. The molecule has 0 bridgehead atoms. The average Bonchev–Trinajstić information content (AvgIpc) is 3.03. The van der Waals surface area contributed by atoms with Crippen LogP contribution in [0.15, 0.2) is 12.1 Å². The minimum atomic E-state index is -0.635. The van der Waals surface area contributed by atoms with E-state index in [-0.39, 0.29) is 29.0 Å². The number of carbonyl (C=O) groups excluding carboxylic acids is 2. The van der Waals surface area contributed by atoms with E-state index in [9.17, 15) is 9.59 Å². The van der Waals surface area contributed by atoms with E-state index < -0.39 is 5.91 Å². The van der Waals surface area contributed by atoms with Gasteiger partial charge in [-0.3, -0.25) is 9.59 Å². The van der Waals surface area contributed by atoms with Crippen LogP contribution in [0.4, 0.5) is 0 Å². The van der Waals surface area contributed by atoms with Crippen LogP contribution in [-0.4, -0.2) is 45.3 Å². The van der Waals surface area contributed by atoms with Gasteiger partial charge in [-0.15, -0.1) is 0 Å². The molecule has 23 heavy (non-hydrogen) atoms. The van der Waals surface area contributed by atoms with E-state index in [1.807, 2.05) is 0 Å². The molecular formula is C15H19ClN2O5. The minimum Gasteiger partial charge on any atom is -0.493 e. The molecule has 1 aliphatic heterocycles. The van der Waals surface area contributed by atoms with Crippen LogP contribution in [0, 0.1) is 5.92 Å². The minimum absolute atomic E-state index is 0.167. The molecule has 0 aliphatic carbocycles. The highest BCUT2D eigenvalue weighted by Crippen LogP contribution is 2.36. The van der Waals surface area contributed by atoms with Crippen LogP contribution in [0.25, 0.3) is 0 Å². The third-order valence-corrected chi connectivity index (χ3v) is 3.71. The quantitative estimate of drug-likeness (QED) is 0.769. The molecule has 1 saturated heterocycles. The normalized spacial score (nSPS) is 16.9. The van der Waals surface area contributed by atoms with Crippen molar-refractivity contribution >= 4 is 23.4 Å². The molecule has 0 unspecified atom stereocenters. The predicted molar refractivity (Wildman–Crippen MR) is 84.0 cm³/mol. The highest BCUT2D eigenvalue weighted by Gasteiger charge is 2.19. The molecule has 2 amide bonds. The summed E-state index contributed by atoms with van der Waals surface area (Å²) in [6.07, 6.45) is 0.935. The van der Waals surface area contributed by atoms with Gasteiger partial charge in [-0.1, -0.05) is 11.6 Å². The number of ether oxygens (including phenoxy) is 3. The molecular weight excluding hydrogens is 324 g/mol. The molecule has 1 fully saturated rings. The number of carbonyl (C=O) groups is 2. The van der Waals surface area contributed by atoms with Gasteiger partial charge in [-0.05, 0) is 18.6 Å². The van der Waals surface area contributed by atoms with Crippen molar-refractivity contribution in [3.63, 3.8) is 0 Å². The summed E-state index contributed by atoms with van der Waals surface area (Å²) in [5.74, 6) is -0.140.